The van der Waals surface area contributed by atoms with Crippen LogP contribution in [0.25, 0.3) is 21.6 Å². The van der Waals surface area contributed by atoms with Gasteiger partial charge in [-0.25, -0.2) is 14.8 Å². The molecule has 4 aromatic rings. The molecule has 0 unspecified atom stereocenters. The number of carbonyl (C=O) groups is 4. The fourth-order valence-electron chi connectivity index (χ4n) is 7.44. The molecule has 3 aliphatic rings. The Labute approximate surface area is 332 Å². The van der Waals surface area contributed by atoms with Crippen LogP contribution < -0.4 is 30.2 Å². The highest BCUT2D eigenvalue weighted by Gasteiger charge is 2.61. The Hall–Kier alpha value is -5.85. The number of amides is 4. The number of anilines is 1. The van der Waals surface area contributed by atoms with Gasteiger partial charge >= 0.3 is 6.09 Å². The molecule has 2 aliphatic carbocycles. The van der Waals surface area contributed by atoms with Crippen LogP contribution in [0.15, 0.2) is 42.3 Å². The Bertz CT molecular complexity index is 2140. The number of fused-ring (bicyclic) bond motifs is 1. The number of aromatic amines is 1. The van der Waals surface area contributed by atoms with E-state index < -0.39 is 58.9 Å². The molecule has 0 bridgehead atoms. The van der Waals surface area contributed by atoms with Crippen molar-refractivity contribution < 1.29 is 38.1 Å². The molecule has 1 aliphatic heterocycles. The van der Waals surface area contributed by atoms with Crippen LogP contribution in [0.5, 0.6) is 17.4 Å². The molecular weight excluding hydrogens is 757 g/mol. The number of rotatable bonds is 13. The summed E-state index contributed by atoms with van der Waals surface area (Å²) in [5.74, 6) is -1.02. The zero-order valence-electron chi connectivity index (χ0n) is 32.4. The number of thiophene rings is 1. The predicted octanol–water partition coefficient (Wildman–Crippen LogP) is 4.02. The van der Waals surface area contributed by atoms with E-state index in [9.17, 15) is 19.2 Å². The molecule has 19 heteroatoms. The summed E-state index contributed by atoms with van der Waals surface area (Å²) < 4.78 is 23.3. The number of ether oxygens (including phenoxy) is 4. The number of nitrogens with zero attached hydrogens (tertiary/aromatic N) is 6. The maximum Gasteiger partial charge on any atom is 0.408 e. The van der Waals surface area contributed by atoms with Gasteiger partial charge in [0.25, 0.3) is 11.9 Å². The summed E-state index contributed by atoms with van der Waals surface area (Å²) in [6.45, 7) is 9.26. The van der Waals surface area contributed by atoms with Gasteiger partial charge in [-0.3, -0.25) is 19.7 Å². The second-order valence-electron chi connectivity index (χ2n) is 15.5. The number of H-pyrrole nitrogens is 1. The van der Waals surface area contributed by atoms with Crippen molar-refractivity contribution in [1.29, 1.82) is 0 Å². The summed E-state index contributed by atoms with van der Waals surface area (Å²) in [6, 6.07) is 5.00. The Kier molecular flexibility index (Phi) is 11.0. The highest BCUT2D eigenvalue weighted by atomic mass is 32.1. The van der Waals surface area contributed by atoms with Gasteiger partial charge in [-0.05, 0) is 54.2 Å². The maximum atomic E-state index is 14.7. The number of hydrogen-bond acceptors (Lipinski definition) is 14. The molecule has 1 aromatic carbocycles. The molecule has 302 valence electrons. The van der Waals surface area contributed by atoms with E-state index in [1.807, 2.05) is 38.3 Å². The molecule has 3 aromatic heterocycles. The molecule has 0 radical (unpaired) electrons. The summed E-state index contributed by atoms with van der Waals surface area (Å²) in [5, 5.41) is 23.6. The second-order valence-corrected chi connectivity index (χ2v) is 16.4. The molecule has 57 heavy (non-hydrogen) atoms. The van der Waals surface area contributed by atoms with Crippen molar-refractivity contribution in [1.82, 2.24) is 46.1 Å². The van der Waals surface area contributed by atoms with Gasteiger partial charge in [0.1, 0.15) is 35.5 Å². The Morgan fingerprint density at radius 3 is 2.39 bits per heavy atom. The minimum absolute atomic E-state index is 0.0256. The maximum absolute atomic E-state index is 14.7. The van der Waals surface area contributed by atoms with Crippen LogP contribution in [-0.2, 0) is 19.1 Å². The molecule has 3 fully saturated rings. The number of alkyl carbamates (subject to hydrolysis) is 1. The van der Waals surface area contributed by atoms with Gasteiger partial charge in [-0.2, -0.15) is 5.21 Å². The SMILES string of the molecule is C=C[C@@H]1C[C@]1(NC(=O)[C@@H]1C[C@@H](Oc2nc3cc(OC)c(OC)cc3nc2-c2cccs2)CN1C(=O)[C@@H](NC(=O)OC1CCCC1)C(C)(C)C)C(=O)Nc1nn[nH]n1. The topological polar surface area (TPSA) is 225 Å². The molecule has 0 spiro atoms. The van der Waals surface area contributed by atoms with E-state index in [-0.39, 0.29) is 37.3 Å². The van der Waals surface area contributed by atoms with Crippen molar-refractivity contribution in [2.45, 2.75) is 89.1 Å². The zero-order valence-corrected chi connectivity index (χ0v) is 33.2. The zero-order chi connectivity index (χ0) is 40.5. The normalized spacial score (nSPS) is 22.4. The molecule has 4 heterocycles. The first-order valence-electron chi connectivity index (χ1n) is 18.7. The summed E-state index contributed by atoms with van der Waals surface area (Å²) in [6.07, 6.45) is 3.62. The number of aromatic nitrogens is 6. The van der Waals surface area contributed by atoms with Crippen LogP contribution >= 0.6 is 11.3 Å². The quantitative estimate of drug-likeness (QED) is 0.140. The van der Waals surface area contributed by atoms with E-state index >= 15 is 0 Å². The minimum atomic E-state index is -1.38. The molecule has 1 saturated heterocycles. The summed E-state index contributed by atoms with van der Waals surface area (Å²) in [7, 11) is 3.06. The number of methoxy groups -OCH3 is 2. The summed E-state index contributed by atoms with van der Waals surface area (Å²) in [4.78, 5) is 67.9. The average molecular weight is 803 g/mol. The third-order valence-corrected chi connectivity index (χ3v) is 11.5. The van der Waals surface area contributed by atoms with Crippen LogP contribution in [0, 0.1) is 11.3 Å². The third-order valence-electron chi connectivity index (χ3n) is 10.6. The standard InChI is InChI=1S/C38H46N10O8S/c1-7-20-18-38(20,34(51)42-35-44-46-47-45-35)43-31(49)25-15-22(19-48(25)33(50)30(37(2,3)4)41-36(52)56-21-11-8-9-12-21)55-32-29(28-13-10-14-57-28)39-23-16-26(53-5)27(54-6)17-24(23)40-32/h7,10,13-14,16-17,20-22,25,30H,1,8-9,11-12,15,18-19H2,2-6H3,(H,41,52)(H,43,49)(H2,42,44,45,46,47,51)/t20-,22-,25+,30-,38-/m1/s1. The van der Waals surface area contributed by atoms with E-state index in [0.717, 1.165) is 30.6 Å². The Balaban J connectivity index is 1.21. The monoisotopic (exact) mass is 802 g/mol. The van der Waals surface area contributed by atoms with Crippen molar-refractivity contribution in [3.8, 4) is 28.0 Å². The lowest BCUT2D eigenvalue weighted by atomic mass is 9.85. The van der Waals surface area contributed by atoms with E-state index in [1.54, 1.807) is 18.2 Å². The lowest BCUT2D eigenvalue weighted by Crippen LogP contribution is -2.59. The summed E-state index contributed by atoms with van der Waals surface area (Å²) in [5.41, 5.74) is -0.699. The van der Waals surface area contributed by atoms with E-state index in [0.29, 0.717) is 28.2 Å². The second kappa shape index (κ2) is 16.0. The van der Waals surface area contributed by atoms with Crippen LogP contribution in [0.2, 0.25) is 0 Å². The minimum Gasteiger partial charge on any atom is -0.493 e. The van der Waals surface area contributed by atoms with Crippen LogP contribution in [0.3, 0.4) is 0 Å². The lowest BCUT2D eigenvalue weighted by Gasteiger charge is -2.35. The smallest absolute Gasteiger partial charge is 0.408 e. The first kappa shape index (κ1) is 39.4. The van der Waals surface area contributed by atoms with Gasteiger partial charge < -0.3 is 34.5 Å². The van der Waals surface area contributed by atoms with Crippen molar-refractivity contribution in [2.75, 3.05) is 26.1 Å². The first-order chi connectivity index (χ1) is 27.3. The predicted molar refractivity (Wildman–Crippen MR) is 208 cm³/mol. The fraction of sp³-hybridized carbons (Fsp3) is 0.500. The van der Waals surface area contributed by atoms with Gasteiger partial charge in [0.15, 0.2) is 11.5 Å². The number of hydrogen-bond donors (Lipinski definition) is 4. The molecule has 2 saturated carbocycles. The largest absolute Gasteiger partial charge is 0.493 e. The first-order valence-corrected chi connectivity index (χ1v) is 19.6. The van der Waals surface area contributed by atoms with Crippen LogP contribution in [-0.4, -0.2) is 110 Å². The molecule has 5 atom stereocenters. The highest BCUT2D eigenvalue weighted by Crippen LogP contribution is 2.46. The van der Waals surface area contributed by atoms with Gasteiger partial charge in [0.2, 0.25) is 17.7 Å². The molecule has 4 amide bonds. The number of nitrogens with one attached hydrogen (secondary N) is 4. The molecule has 18 nitrogen and oxygen atoms in total. The van der Waals surface area contributed by atoms with Crippen molar-refractivity contribution >= 4 is 52.1 Å². The average Bonchev–Trinajstić information content (AvgIpc) is 3.86. The van der Waals surface area contributed by atoms with Gasteiger partial charge in [-0.15, -0.1) is 23.0 Å². The number of carbonyl (C=O) groups excluding carboxylic acids is 4. The number of benzene rings is 1. The van der Waals surface area contributed by atoms with E-state index in [1.165, 1.54) is 30.5 Å². The lowest BCUT2D eigenvalue weighted by molar-refractivity contribution is -0.142. The fourth-order valence-corrected chi connectivity index (χ4v) is 8.15. The highest BCUT2D eigenvalue weighted by molar-refractivity contribution is 7.13. The van der Waals surface area contributed by atoms with Crippen molar-refractivity contribution in [2.24, 2.45) is 11.3 Å². The molecule has 4 N–H and O–H groups in total. The van der Waals surface area contributed by atoms with Gasteiger partial charge in [0, 0.05) is 24.5 Å². The Morgan fingerprint density at radius 1 is 1.07 bits per heavy atom. The van der Waals surface area contributed by atoms with Crippen LogP contribution in [0.1, 0.15) is 59.3 Å². The van der Waals surface area contributed by atoms with Crippen LogP contribution in [0.4, 0.5) is 10.7 Å². The summed E-state index contributed by atoms with van der Waals surface area (Å²) >= 11 is 1.45. The molecular formula is C38H46N10O8S. The van der Waals surface area contributed by atoms with Gasteiger partial charge in [-0.1, -0.05) is 38.0 Å². The van der Waals surface area contributed by atoms with Crippen molar-refractivity contribution in [3.63, 3.8) is 0 Å². The van der Waals surface area contributed by atoms with Gasteiger partial charge in [0.05, 0.1) is 36.7 Å². The molecule has 7 rings (SSSR count). The van der Waals surface area contributed by atoms with Crippen molar-refractivity contribution in [3.05, 3.63) is 42.3 Å². The third kappa shape index (κ3) is 8.19. The Morgan fingerprint density at radius 2 is 1.79 bits per heavy atom. The van der Waals surface area contributed by atoms with E-state index in [4.69, 9.17) is 28.9 Å². The number of tetrazole rings is 1. The number of likely N-dealkylation sites (tertiary alicyclic amines) is 1. The van der Waals surface area contributed by atoms with E-state index in [2.05, 4.69) is 43.2 Å².